The van der Waals surface area contributed by atoms with Crippen molar-refractivity contribution in [3.8, 4) is 0 Å². The van der Waals surface area contributed by atoms with Gasteiger partial charge in [0.15, 0.2) is 0 Å². The summed E-state index contributed by atoms with van der Waals surface area (Å²) in [5, 5.41) is 7.42. The number of carboxylic acids is 1. The monoisotopic (exact) mass is 162 g/mol. The Morgan fingerprint density at radius 2 is 1.64 bits per heavy atom. The maximum Gasteiger partial charge on any atom is 0.300 e. The Morgan fingerprint density at radius 1 is 1.55 bits per heavy atom. The molecule has 0 amide bonds. The summed E-state index contributed by atoms with van der Waals surface area (Å²) < 4.78 is 0. The molecule has 0 bridgehead atoms. The Balaban J connectivity index is 0. The highest BCUT2D eigenvalue weighted by atomic mass is 16.4. The van der Waals surface area contributed by atoms with Gasteiger partial charge < -0.3 is 16.6 Å². The first-order chi connectivity index (χ1) is 4.68. The fourth-order valence-corrected chi connectivity index (χ4v) is 0. The molecule has 0 aromatic rings. The fourth-order valence-electron chi connectivity index (χ4n) is 0. The van der Waals surface area contributed by atoms with Crippen molar-refractivity contribution in [1.82, 2.24) is 0 Å². The predicted molar refractivity (Wildman–Crippen MR) is 45.2 cm³/mol. The second-order valence-electron chi connectivity index (χ2n) is 3.13. The standard InChI is InChI=1S/C5H14N2.C2H4O2/c1-4(6)5(2,3)7;1-2(3)4/h4H,6-7H2,1-3H3;1H3,(H,3,4). The molecular formula is C7H18N2O2. The minimum Gasteiger partial charge on any atom is -0.481 e. The van der Waals surface area contributed by atoms with E-state index in [-0.39, 0.29) is 11.6 Å². The van der Waals surface area contributed by atoms with E-state index >= 15 is 0 Å². The van der Waals surface area contributed by atoms with Gasteiger partial charge in [-0.05, 0) is 20.8 Å². The molecule has 0 radical (unpaired) electrons. The molecule has 5 N–H and O–H groups in total. The number of nitrogens with two attached hydrogens (primary N) is 2. The highest BCUT2D eigenvalue weighted by Crippen LogP contribution is 1.98. The molecule has 0 saturated heterocycles. The van der Waals surface area contributed by atoms with E-state index in [0.717, 1.165) is 6.92 Å². The van der Waals surface area contributed by atoms with Crippen molar-refractivity contribution in [2.75, 3.05) is 0 Å². The third-order valence-electron chi connectivity index (χ3n) is 1.17. The molecule has 4 heteroatoms. The number of rotatable bonds is 1. The van der Waals surface area contributed by atoms with Crippen molar-refractivity contribution in [2.24, 2.45) is 11.5 Å². The molecule has 0 rings (SSSR count). The third kappa shape index (κ3) is 17.7. The molecule has 0 saturated carbocycles. The van der Waals surface area contributed by atoms with Gasteiger partial charge in [0.2, 0.25) is 0 Å². The van der Waals surface area contributed by atoms with Crippen LogP contribution in [0.2, 0.25) is 0 Å². The van der Waals surface area contributed by atoms with Gasteiger partial charge in [-0.3, -0.25) is 4.79 Å². The topological polar surface area (TPSA) is 89.3 Å². The summed E-state index contributed by atoms with van der Waals surface area (Å²) in [5.74, 6) is -0.833. The lowest BCUT2D eigenvalue weighted by Crippen LogP contribution is -2.48. The Kier molecular flexibility index (Phi) is 6.03. The van der Waals surface area contributed by atoms with Crippen LogP contribution in [0.15, 0.2) is 0 Å². The van der Waals surface area contributed by atoms with Gasteiger partial charge >= 0.3 is 0 Å². The average Bonchev–Trinajstić information content (AvgIpc) is 1.59. The first-order valence-electron chi connectivity index (χ1n) is 3.42. The lowest BCUT2D eigenvalue weighted by Gasteiger charge is -2.22. The molecule has 0 aliphatic rings. The molecule has 0 aliphatic carbocycles. The van der Waals surface area contributed by atoms with Crippen LogP contribution in [0, 0.1) is 0 Å². The SMILES string of the molecule is CC(=O)O.CC(N)C(C)(C)N. The van der Waals surface area contributed by atoms with Crippen LogP contribution in [0.25, 0.3) is 0 Å². The lowest BCUT2D eigenvalue weighted by atomic mass is 9.99. The minimum absolute atomic E-state index is 0.0764. The minimum atomic E-state index is -0.833. The first kappa shape index (κ1) is 13.0. The number of carbonyl (C=O) groups is 1. The van der Waals surface area contributed by atoms with Crippen LogP contribution in [0.3, 0.4) is 0 Å². The lowest BCUT2D eigenvalue weighted by molar-refractivity contribution is -0.134. The number of hydrogen-bond acceptors (Lipinski definition) is 3. The van der Waals surface area contributed by atoms with Gasteiger partial charge in [0.1, 0.15) is 0 Å². The van der Waals surface area contributed by atoms with E-state index in [1.165, 1.54) is 0 Å². The summed E-state index contributed by atoms with van der Waals surface area (Å²) in [4.78, 5) is 9.00. The van der Waals surface area contributed by atoms with Crippen LogP contribution in [0.4, 0.5) is 0 Å². The van der Waals surface area contributed by atoms with Gasteiger partial charge in [-0.1, -0.05) is 0 Å². The molecule has 0 spiro atoms. The highest BCUT2D eigenvalue weighted by Gasteiger charge is 2.14. The molecular weight excluding hydrogens is 144 g/mol. The third-order valence-corrected chi connectivity index (χ3v) is 1.17. The second-order valence-corrected chi connectivity index (χ2v) is 3.13. The molecule has 0 fully saturated rings. The molecule has 11 heavy (non-hydrogen) atoms. The van der Waals surface area contributed by atoms with Gasteiger partial charge in [-0.15, -0.1) is 0 Å². The van der Waals surface area contributed by atoms with E-state index in [1.807, 2.05) is 20.8 Å². The van der Waals surface area contributed by atoms with E-state index in [2.05, 4.69) is 0 Å². The second kappa shape index (κ2) is 5.09. The van der Waals surface area contributed by atoms with Crippen LogP contribution in [-0.2, 0) is 4.79 Å². The van der Waals surface area contributed by atoms with E-state index in [9.17, 15) is 0 Å². The van der Waals surface area contributed by atoms with Crippen molar-refractivity contribution in [2.45, 2.75) is 39.3 Å². The summed E-state index contributed by atoms with van der Waals surface area (Å²) in [7, 11) is 0. The molecule has 4 nitrogen and oxygen atoms in total. The van der Waals surface area contributed by atoms with Gasteiger partial charge in [0, 0.05) is 18.5 Å². The maximum atomic E-state index is 9.00. The van der Waals surface area contributed by atoms with Crippen molar-refractivity contribution in [1.29, 1.82) is 0 Å². The number of hydrogen-bond donors (Lipinski definition) is 3. The van der Waals surface area contributed by atoms with Gasteiger partial charge in [0.05, 0.1) is 0 Å². The maximum absolute atomic E-state index is 9.00. The molecule has 0 heterocycles. The fraction of sp³-hybridized carbons (Fsp3) is 0.857. The van der Waals surface area contributed by atoms with Crippen LogP contribution in [0.1, 0.15) is 27.7 Å². The highest BCUT2D eigenvalue weighted by molar-refractivity contribution is 5.62. The van der Waals surface area contributed by atoms with Crippen molar-refractivity contribution in [3.63, 3.8) is 0 Å². The van der Waals surface area contributed by atoms with Gasteiger partial charge in [0.25, 0.3) is 5.97 Å². The van der Waals surface area contributed by atoms with Gasteiger partial charge in [-0.25, -0.2) is 0 Å². The summed E-state index contributed by atoms with van der Waals surface area (Å²) in [6.07, 6.45) is 0. The molecule has 0 aromatic heterocycles. The zero-order chi connectivity index (χ0) is 9.65. The van der Waals surface area contributed by atoms with Gasteiger partial charge in [-0.2, -0.15) is 0 Å². The molecule has 68 valence electrons. The van der Waals surface area contributed by atoms with E-state index in [0.29, 0.717) is 0 Å². The summed E-state index contributed by atoms with van der Waals surface area (Å²) >= 11 is 0. The first-order valence-corrected chi connectivity index (χ1v) is 3.42. The quantitative estimate of drug-likeness (QED) is 0.512. The van der Waals surface area contributed by atoms with Crippen LogP contribution in [0.5, 0.6) is 0 Å². The van der Waals surface area contributed by atoms with E-state index in [4.69, 9.17) is 21.4 Å². The zero-order valence-corrected chi connectivity index (χ0v) is 7.59. The summed E-state index contributed by atoms with van der Waals surface area (Å²) in [6.45, 7) is 6.81. The summed E-state index contributed by atoms with van der Waals surface area (Å²) in [6, 6.07) is 0.0764. The largest absolute Gasteiger partial charge is 0.481 e. The zero-order valence-electron chi connectivity index (χ0n) is 7.59. The number of aliphatic carboxylic acids is 1. The predicted octanol–water partition coefficient (Wildman–Crippen LogP) is 0.162. The average molecular weight is 162 g/mol. The van der Waals surface area contributed by atoms with Crippen LogP contribution >= 0.6 is 0 Å². The van der Waals surface area contributed by atoms with Crippen LogP contribution in [-0.4, -0.2) is 22.7 Å². The van der Waals surface area contributed by atoms with E-state index < -0.39 is 5.97 Å². The summed E-state index contributed by atoms with van der Waals surface area (Å²) in [5.41, 5.74) is 10.8. The normalized spacial score (nSPS) is 12.9. The molecule has 1 atom stereocenters. The Hall–Kier alpha value is -0.610. The van der Waals surface area contributed by atoms with Crippen molar-refractivity contribution < 1.29 is 9.90 Å². The Bertz CT molecular complexity index is 112. The Labute approximate surface area is 67.6 Å². The van der Waals surface area contributed by atoms with Crippen LogP contribution < -0.4 is 11.5 Å². The Morgan fingerprint density at radius 3 is 1.64 bits per heavy atom. The smallest absolute Gasteiger partial charge is 0.300 e. The molecule has 0 aliphatic heterocycles. The number of carboxylic acid groups (broad SMARTS) is 1. The van der Waals surface area contributed by atoms with E-state index in [1.54, 1.807) is 0 Å². The van der Waals surface area contributed by atoms with Crippen molar-refractivity contribution in [3.05, 3.63) is 0 Å². The van der Waals surface area contributed by atoms with Crippen molar-refractivity contribution >= 4 is 5.97 Å². The molecule has 1 unspecified atom stereocenters. The molecule has 0 aromatic carbocycles.